The summed E-state index contributed by atoms with van der Waals surface area (Å²) in [7, 11) is 0. The minimum Gasteiger partial charge on any atom is -0.354 e. The van der Waals surface area contributed by atoms with Crippen LogP contribution in [0.25, 0.3) is 0 Å². The molecule has 2 fully saturated rings. The molecule has 1 saturated carbocycles. The third kappa shape index (κ3) is 0.731. The van der Waals surface area contributed by atoms with Gasteiger partial charge in [-0.25, -0.2) is 0 Å². The third-order valence-corrected chi connectivity index (χ3v) is 5.18. The lowest BCUT2D eigenvalue weighted by molar-refractivity contribution is 0.107. The maximum Gasteiger partial charge on any atom is 0.103 e. The smallest absolute Gasteiger partial charge is 0.103 e. The predicted octanol–water partition coefficient (Wildman–Crippen LogP) is 2.30. The summed E-state index contributed by atoms with van der Waals surface area (Å²) in [6.45, 7) is 9.63. The number of piperidine rings is 1. The number of hydrogen-bond donors (Lipinski definition) is 0. The van der Waals surface area contributed by atoms with Crippen molar-refractivity contribution >= 4 is 5.84 Å². The van der Waals surface area contributed by atoms with Crippen LogP contribution in [-0.4, -0.2) is 29.4 Å². The molecule has 3 rings (SSSR count). The van der Waals surface area contributed by atoms with Gasteiger partial charge in [-0.1, -0.05) is 13.8 Å². The van der Waals surface area contributed by atoms with Gasteiger partial charge in [0.15, 0.2) is 0 Å². The summed E-state index contributed by atoms with van der Waals surface area (Å²) < 4.78 is 0. The lowest BCUT2D eigenvalue weighted by Gasteiger charge is -2.43. The number of rotatable bonds is 0. The minimum absolute atomic E-state index is 0.400. The van der Waals surface area contributed by atoms with Crippen molar-refractivity contribution in [3.63, 3.8) is 0 Å². The highest BCUT2D eigenvalue weighted by Crippen LogP contribution is 2.60. The van der Waals surface area contributed by atoms with Gasteiger partial charge in [-0.3, -0.25) is 4.99 Å². The molecule has 0 radical (unpaired) electrons. The normalized spacial score (nSPS) is 43.8. The standard InChI is InChI=1S/C12H20N2/c1-11(2)9-5-6-12(11,3)14-8-4-7-13-10(9)14/h9H,4-8H2,1-3H3/t9-,12-/m1/s1. The van der Waals surface area contributed by atoms with Crippen molar-refractivity contribution in [2.75, 3.05) is 13.1 Å². The molecule has 0 spiro atoms. The zero-order chi connectivity index (χ0) is 9.97. The molecule has 0 N–H and O–H groups in total. The Morgan fingerprint density at radius 1 is 1.36 bits per heavy atom. The van der Waals surface area contributed by atoms with E-state index >= 15 is 0 Å². The van der Waals surface area contributed by atoms with E-state index in [4.69, 9.17) is 4.99 Å². The number of fused-ring (bicyclic) bond motifs is 5. The fourth-order valence-corrected chi connectivity index (χ4v) is 3.84. The Morgan fingerprint density at radius 3 is 2.86 bits per heavy atom. The molecule has 2 bridgehead atoms. The molecule has 78 valence electrons. The largest absolute Gasteiger partial charge is 0.354 e. The van der Waals surface area contributed by atoms with E-state index in [2.05, 4.69) is 25.7 Å². The highest BCUT2D eigenvalue weighted by Gasteiger charge is 2.63. The predicted molar refractivity (Wildman–Crippen MR) is 58.5 cm³/mol. The van der Waals surface area contributed by atoms with Crippen LogP contribution >= 0.6 is 0 Å². The van der Waals surface area contributed by atoms with E-state index in [1.54, 1.807) is 0 Å². The fraction of sp³-hybridized carbons (Fsp3) is 0.917. The molecule has 2 nitrogen and oxygen atoms in total. The topological polar surface area (TPSA) is 15.6 Å². The molecule has 2 aliphatic heterocycles. The van der Waals surface area contributed by atoms with Crippen molar-refractivity contribution in [3.8, 4) is 0 Å². The van der Waals surface area contributed by atoms with Gasteiger partial charge in [0.1, 0.15) is 5.84 Å². The van der Waals surface area contributed by atoms with Crippen molar-refractivity contribution in [2.24, 2.45) is 16.3 Å². The molecule has 14 heavy (non-hydrogen) atoms. The van der Waals surface area contributed by atoms with E-state index in [9.17, 15) is 0 Å². The summed E-state index contributed by atoms with van der Waals surface area (Å²) >= 11 is 0. The summed E-state index contributed by atoms with van der Waals surface area (Å²) in [5.41, 5.74) is 0.840. The molecular formula is C12H20N2. The van der Waals surface area contributed by atoms with E-state index in [0.717, 1.165) is 12.5 Å². The first kappa shape index (κ1) is 8.75. The Hall–Kier alpha value is -0.530. The van der Waals surface area contributed by atoms with Gasteiger partial charge in [0.05, 0.1) is 0 Å². The van der Waals surface area contributed by atoms with Crippen molar-refractivity contribution in [2.45, 2.75) is 45.6 Å². The zero-order valence-corrected chi connectivity index (χ0v) is 9.51. The van der Waals surface area contributed by atoms with Crippen LogP contribution in [-0.2, 0) is 0 Å². The summed E-state index contributed by atoms with van der Waals surface area (Å²) in [5, 5.41) is 0. The first-order valence-electron chi connectivity index (χ1n) is 5.89. The van der Waals surface area contributed by atoms with Crippen LogP contribution in [0.15, 0.2) is 4.99 Å². The van der Waals surface area contributed by atoms with Gasteiger partial charge in [-0.05, 0) is 31.6 Å². The van der Waals surface area contributed by atoms with Crippen molar-refractivity contribution < 1.29 is 0 Å². The summed E-state index contributed by atoms with van der Waals surface area (Å²) in [5.74, 6) is 2.18. The van der Waals surface area contributed by atoms with Crippen molar-refractivity contribution in [3.05, 3.63) is 0 Å². The highest BCUT2D eigenvalue weighted by atomic mass is 15.3. The molecule has 2 atom stereocenters. The molecule has 1 aliphatic carbocycles. The lowest BCUT2D eigenvalue weighted by Crippen LogP contribution is -2.50. The van der Waals surface area contributed by atoms with Crippen molar-refractivity contribution in [1.29, 1.82) is 0 Å². The molecule has 3 aliphatic rings. The zero-order valence-electron chi connectivity index (χ0n) is 9.51. The molecule has 2 heterocycles. The first-order valence-corrected chi connectivity index (χ1v) is 5.89. The van der Waals surface area contributed by atoms with Crippen LogP contribution < -0.4 is 0 Å². The second-order valence-corrected chi connectivity index (χ2v) is 5.83. The van der Waals surface area contributed by atoms with E-state index in [1.165, 1.54) is 31.6 Å². The fourth-order valence-electron chi connectivity index (χ4n) is 3.84. The molecule has 0 aromatic heterocycles. The van der Waals surface area contributed by atoms with Gasteiger partial charge in [-0.2, -0.15) is 0 Å². The number of aliphatic imine (C=N–C) groups is 1. The van der Waals surface area contributed by atoms with E-state index in [-0.39, 0.29) is 0 Å². The molecule has 0 aromatic carbocycles. The van der Waals surface area contributed by atoms with E-state index in [0.29, 0.717) is 11.0 Å². The van der Waals surface area contributed by atoms with Gasteiger partial charge in [0.25, 0.3) is 0 Å². The van der Waals surface area contributed by atoms with Crippen LogP contribution in [0, 0.1) is 11.3 Å². The average molecular weight is 192 g/mol. The summed E-state index contributed by atoms with van der Waals surface area (Å²) in [6.07, 6.45) is 3.98. The maximum absolute atomic E-state index is 4.76. The lowest BCUT2D eigenvalue weighted by atomic mass is 9.75. The van der Waals surface area contributed by atoms with Crippen LogP contribution in [0.3, 0.4) is 0 Å². The van der Waals surface area contributed by atoms with Crippen LogP contribution in [0.5, 0.6) is 0 Å². The maximum atomic E-state index is 4.76. The third-order valence-electron chi connectivity index (χ3n) is 5.18. The second-order valence-electron chi connectivity index (χ2n) is 5.83. The van der Waals surface area contributed by atoms with E-state index in [1.807, 2.05) is 0 Å². The monoisotopic (exact) mass is 192 g/mol. The number of amidine groups is 1. The Balaban J connectivity index is 2.12. The Bertz CT molecular complexity index is 305. The van der Waals surface area contributed by atoms with Gasteiger partial charge in [0.2, 0.25) is 0 Å². The molecule has 2 heteroatoms. The van der Waals surface area contributed by atoms with Crippen LogP contribution in [0.2, 0.25) is 0 Å². The van der Waals surface area contributed by atoms with Gasteiger partial charge >= 0.3 is 0 Å². The van der Waals surface area contributed by atoms with Gasteiger partial charge in [-0.15, -0.1) is 0 Å². The SMILES string of the molecule is CC1(C)[C@@H]2CC[C@@]1(C)N1CCCN=C21. The molecule has 0 amide bonds. The number of hydrogen-bond acceptors (Lipinski definition) is 2. The van der Waals surface area contributed by atoms with Gasteiger partial charge < -0.3 is 4.90 Å². The Kier molecular flexibility index (Phi) is 1.46. The highest BCUT2D eigenvalue weighted by molar-refractivity contribution is 5.90. The second kappa shape index (κ2) is 2.34. The average Bonchev–Trinajstić information content (AvgIpc) is 2.49. The molecule has 0 aromatic rings. The van der Waals surface area contributed by atoms with Crippen LogP contribution in [0.1, 0.15) is 40.0 Å². The molecule has 1 saturated heterocycles. The first-order chi connectivity index (χ1) is 6.57. The Morgan fingerprint density at radius 2 is 2.14 bits per heavy atom. The summed E-state index contributed by atoms with van der Waals surface area (Å²) in [4.78, 5) is 7.37. The quantitative estimate of drug-likeness (QED) is 0.575. The van der Waals surface area contributed by atoms with Crippen molar-refractivity contribution in [1.82, 2.24) is 4.90 Å². The Labute approximate surface area is 86.4 Å². The van der Waals surface area contributed by atoms with Gasteiger partial charge in [0, 0.05) is 24.5 Å². The molecule has 0 unspecified atom stereocenters. The number of nitrogens with zero attached hydrogens (tertiary/aromatic N) is 2. The minimum atomic E-state index is 0.400. The van der Waals surface area contributed by atoms with E-state index < -0.39 is 0 Å². The molecular weight excluding hydrogens is 172 g/mol. The summed E-state index contributed by atoms with van der Waals surface area (Å²) in [6, 6.07) is 0. The van der Waals surface area contributed by atoms with Crippen LogP contribution in [0.4, 0.5) is 0 Å².